The third-order valence-electron chi connectivity index (χ3n) is 3.47. The molecule has 1 heterocycles. The number of rotatable bonds is 4. The Labute approximate surface area is 115 Å². The van der Waals surface area contributed by atoms with Crippen molar-refractivity contribution in [1.29, 1.82) is 0 Å². The summed E-state index contributed by atoms with van der Waals surface area (Å²) in [5, 5.41) is 7.52. The fourth-order valence-electron chi connectivity index (χ4n) is 2.48. The van der Waals surface area contributed by atoms with E-state index in [-0.39, 0.29) is 5.92 Å². The average molecular weight is 257 g/mol. The fraction of sp³-hybridized carbons (Fsp3) is 0.438. The topological polar surface area (TPSA) is 54.7 Å². The Morgan fingerprint density at radius 2 is 1.74 bits per heavy atom. The molecule has 2 aromatic rings. The molecular weight excluding hydrogens is 234 g/mol. The van der Waals surface area contributed by atoms with Crippen LogP contribution >= 0.6 is 0 Å². The third kappa shape index (κ3) is 3.04. The zero-order valence-corrected chi connectivity index (χ0v) is 12.2. The lowest BCUT2D eigenvalue weighted by Crippen LogP contribution is -2.14. The highest BCUT2D eigenvalue weighted by atomic mass is 15.1. The Balaban J connectivity index is 2.37. The zero-order chi connectivity index (χ0) is 14.0. The normalized spacial score (nSPS) is 12.9. The van der Waals surface area contributed by atoms with Crippen molar-refractivity contribution >= 4 is 0 Å². The molecule has 0 aliphatic carbocycles. The van der Waals surface area contributed by atoms with Gasteiger partial charge in [0.15, 0.2) is 0 Å². The number of aromatic amines is 1. The van der Waals surface area contributed by atoms with Crippen LogP contribution < -0.4 is 5.73 Å². The first-order valence-corrected chi connectivity index (χ1v) is 6.84. The smallest absolute Gasteiger partial charge is 0.0650 e. The minimum atomic E-state index is 0.193. The average Bonchev–Trinajstić information content (AvgIpc) is 2.78. The largest absolute Gasteiger partial charge is 0.329 e. The molecule has 102 valence electrons. The van der Waals surface area contributed by atoms with Crippen molar-refractivity contribution in [2.75, 3.05) is 6.54 Å². The van der Waals surface area contributed by atoms with E-state index >= 15 is 0 Å². The van der Waals surface area contributed by atoms with Gasteiger partial charge < -0.3 is 5.73 Å². The molecule has 19 heavy (non-hydrogen) atoms. The maximum atomic E-state index is 5.97. The molecule has 0 saturated heterocycles. The molecule has 1 atom stereocenters. The molecule has 0 aliphatic rings. The van der Waals surface area contributed by atoms with E-state index in [1.165, 1.54) is 16.7 Å². The molecule has 1 aromatic carbocycles. The minimum Gasteiger partial charge on any atom is -0.329 e. The summed E-state index contributed by atoms with van der Waals surface area (Å²) in [6, 6.07) is 8.74. The lowest BCUT2D eigenvalue weighted by molar-refractivity contribution is 0.771. The van der Waals surface area contributed by atoms with Crippen molar-refractivity contribution in [3.8, 4) is 0 Å². The maximum absolute atomic E-state index is 5.97. The van der Waals surface area contributed by atoms with E-state index in [2.05, 4.69) is 62.2 Å². The number of nitrogens with two attached hydrogens (primary N) is 1. The highest BCUT2D eigenvalue weighted by Crippen LogP contribution is 2.26. The summed E-state index contributed by atoms with van der Waals surface area (Å²) in [7, 11) is 0. The van der Waals surface area contributed by atoms with Crippen LogP contribution in [0.25, 0.3) is 0 Å². The van der Waals surface area contributed by atoms with Crippen LogP contribution in [0.2, 0.25) is 0 Å². The quantitative estimate of drug-likeness (QED) is 0.883. The van der Waals surface area contributed by atoms with Crippen LogP contribution in [0.4, 0.5) is 0 Å². The zero-order valence-electron chi connectivity index (χ0n) is 12.2. The van der Waals surface area contributed by atoms with E-state index in [4.69, 9.17) is 5.73 Å². The second-order valence-electron chi connectivity index (χ2n) is 5.61. The molecule has 3 heteroatoms. The van der Waals surface area contributed by atoms with Crippen molar-refractivity contribution in [2.45, 2.75) is 39.5 Å². The second kappa shape index (κ2) is 5.57. The molecule has 1 unspecified atom stereocenters. The van der Waals surface area contributed by atoms with Gasteiger partial charge in [0.25, 0.3) is 0 Å². The number of hydrogen-bond donors (Lipinski definition) is 2. The van der Waals surface area contributed by atoms with Crippen LogP contribution in [0.5, 0.6) is 0 Å². The predicted octanol–water partition coefficient (Wildman–Crippen LogP) is 3.24. The van der Waals surface area contributed by atoms with E-state index in [1.807, 2.05) is 0 Å². The fourth-order valence-corrected chi connectivity index (χ4v) is 2.48. The predicted molar refractivity (Wildman–Crippen MR) is 79.5 cm³/mol. The van der Waals surface area contributed by atoms with Gasteiger partial charge >= 0.3 is 0 Å². The number of H-pyrrole nitrogens is 1. The second-order valence-corrected chi connectivity index (χ2v) is 5.61. The highest BCUT2D eigenvalue weighted by Gasteiger charge is 2.16. The van der Waals surface area contributed by atoms with Gasteiger partial charge in [-0.05, 0) is 31.4 Å². The minimum absolute atomic E-state index is 0.193. The van der Waals surface area contributed by atoms with Crippen LogP contribution in [0, 0.1) is 13.8 Å². The van der Waals surface area contributed by atoms with Gasteiger partial charge in [-0.2, -0.15) is 5.10 Å². The Morgan fingerprint density at radius 1 is 1.11 bits per heavy atom. The molecule has 0 fully saturated rings. The Hall–Kier alpha value is -1.61. The van der Waals surface area contributed by atoms with Gasteiger partial charge in [-0.1, -0.05) is 43.2 Å². The number of nitrogens with one attached hydrogen (secondary N) is 1. The maximum Gasteiger partial charge on any atom is 0.0650 e. The van der Waals surface area contributed by atoms with Gasteiger partial charge in [-0.15, -0.1) is 0 Å². The lowest BCUT2D eigenvalue weighted by Gasteiger charge is -2.15. The van der Waals surface area contributed by atoms with Gasteiger partial charge in [0.1, 0.15) is 0 Å². The molecule has 2 rings (SSSR count). The molecule has 0 amide bonds. The van der Waals surface area contributed by atoms with Gasteiger partial charge in [0.05, 0.1) is 5.69 Å². The SMILES string of the molecule is Cc1cc(C)cc(C(CN)c2cc(C(C)C)n[nH]2)c1. The summed E-state index contributed by atoms with van der Waals surface area (Å²) in [6.45, 7) is 9.12. The van der Waals surface area contributed by atoms with Gasteiger partial charge in [-0.25, -0.2) is 0 Å². The molecule has 0 aliphatic heterocycles. The van der Waals surface area contributed by atoms with Crippen LogP contribution in [-0.2, 0) is 0 Å². The molecule has 3 N–H and O–H groups in total. The summed E-state index contributed by atoms with van der Waals surface area (Å²) < 4.78 is 0. The Morgan fingerprint density at radius 3 is 2.21 bits per heavy atom. The van der Waals surface area contributed by atoms with Gasteiger partial charge in [0.2, 0.25) is 0 Å². The van der Waals surface area contributed by atoms with Gasteiger partial charge in [0, 0.05) is 18.2 Å². The van der Waals surface area contributed by atoms with Crippen molar-refractivity contribution in [3.63, 3.8) is 0 Å². The van der Waals surface area contributed by atoms with Crippen molar-refractivity contribution in [1.82, 2.24) is 10.2 Å². The highest BCUT2D eigenvalue weighted by molar-refractivity contribution is 5.36. The lowest BCUT2D eigenvalue weighted by atomic mass is 9.92. The number of aromatic nitrogens is 2. The van der Waals surface area contributed by atoms with Crippen LogP contribution in [0.15, 0.2) is 24.3 Å². The molecule has 0 spiro atoms. The van der Waals surface area contributed by atoms with E-state index in [0.717, 1.165) is 11.4 Å². The molecule has 1 aromatic heterocycles. The number of nitrogens with zero attached hydrogens (tertiary/aromatic N) is 1. The number of benzene rings is 1. The van der Waals surface area contributed by atoms with E-state index in [0.29, 0.717) is 12.5 Å². The molecule has 0 bridgehead atoms. The first kappa shape index (κ1) is 13.8. The summed E-state index contributed by atoms with van der Waals surface area (Å²) in [5.74, 6) is 0.626. The first-order chi connectivity index (χ1) is 9.01. The van der Waals surface area contributed by atoms with E-state index < -0.39 is 0 Å². The molecule has 0 radical (unpaired) electrons. The van der Waals surface area contributed by atoms with Crippen molar-refractivity contribution in [2.24, 2.45) is 5.73 Å². The van der Waals surface area contributed by atoms with Gasteiger partial charge in [-0.3, -0.25) is 5.10 Å². The number of hydrogen-bond acceptors (Lipinski definition) is 2. The summed E-state index contributed by atoms with van der Waals surface area (Å²) in [5.41, 5.74) is 12.0. The van der Waals surface area contributed by atoms with Crippen LogP contribution in [-0.4, -0.2) is 16.7 Å². The summed E-state index contributed by atoms with van der Waals surface area (Å²) >= 11 is 0. The Kier molecular flexibility index (Phi) is 4.05. The standard InChI is InChI=1S/C16H23N3/c1-10(2)15-8-16(19-18-15)14(9-17)13-6-11(3)5-12(4)7-13/h5-8,10,14H,9,17H2,1-4H3,(H,18,19). The molecule has 3 nitrogen and oxygen atoms in total. The van der Waals surface area contributed by atoms with E-state index in [9.17, 15) is 0 Å². The van der Waals surface area contributed by atoms with Crippen molar-refractivity contribution < 1.29 is 0 Å². The van der Waals surface area contributed by atoms with Crippen LogP contribution in [0.3, 0.4) is 0 Å². The third-order valence-corrected chi connectivity index (χ3v) is 3.47. The number of aryl methyl sites for hydroxylation is 2. The Bertz CT molecular complexity index is 535. The summed E-state index contributed by atoms with van der Waals surface area (Å²) in [4.78, 5) is 0. The summed E-state index contributed by atoms with van der Waals surface area (Å²) in [6.07, 6.45) is 0. The monoisotopic (exact) mass is 257 g/mol. The first-order valence-electron chi connectivity index (χ1n) is 6.84. The van der Waals surface area contributed by atoms with E-state index in [1.54, 1.807) is 0 Å². The molecular formula is C16H23N3. The molecule has 0 saturated carbocycles. The van der Waals surface area contributed by atoms with Crippen molar-refractivity contribution in [3.05, 3.63) is 52.3 Å². The van der Waals surface area contributed by atoms with Crippen LogP contribution in [0.1, 0.15) is 53.8 Å².